The zero-order valence-corrected chi connectivity index (χ0v) is 12.2. The highest BCUT2D eigenvalue weighted by Crippen LogP contribution is 2.05. The van der Waals surface area contributed by atoms with E-state index in [1.165, 1.54) is 0 Å². The van der Waals surface area contributed by atoms with E-state index in [0.717, 1.165) is 18.8 Å². The molecule has 1 atom stereocenters. The van der Waals surface area contributed by atoms with Crippen molar-refractivity contribution in [3.05, 3.63) is 23.9 Å². The van der Waals surface area contributed by atoms with Crippen LogP contribution < -0.4 is 10.6 Å². The number of rotatable bonds is 7. The number of carbonyl (C=O) groups excluding carboxylic acids is 1. The van der Waals surface area contributed by atoms with Gasteiger partial charge in [0.1, 0.15) is 11.5 Å². The SMILES string of the molecule is CCCNc1cccc(C(=O)NCC(C)N(C)C)n1. The minimum Gasteiger partial charge on any atom is -0.370 e. The summed E-state index contributed by atoms with van der Waals surface area (Å²) < 4.78 is 0. The molecule has 0 aliphatic heterocycles. The van der Waals surface area contributed by atoms with Gasteiger partial charge in [0.2, 0.25) is 0 Å². The summed E-state index contributed by atoms with van der Waals surface area (Å²) in [5.41, 5.74) is 0.451. The van der Waals surface area contributed by atoms with Crippen molar-refractivity contribution in [1.82, 2.24) is 15.2 Å². The number of hydrogen-bond acceptors (Lipinski definition) is 4. The van der Waals surface area contributed by atoms with Crippen molar-refractivity contribution in [2.45, 2.75) is 26.3 Å². The summed E-state index contributed by atoms with van der Waals surface area (Å²) in [6.45, 7) is 5.62. The van der Waals surface area contributed by atoms with Crippen LogP contribution in [0.2, 0.25) is 0 Å². The molecule has 5 nitrogen and oxygen atoms in total. The zero-order valence-electron chi connectivity index (χ0n) is 12.2. The van der Waals surface area contributed by atoms with Crippen LogP contribution in [-0.2, 0) is 0 Å². The molecule has 106 valence electrons. The van der Waals surface area contributed by atoms with Crippen LogP contribution in [0.3, 0.4) is 0 Å². The lowest BCUT2D eigenvalue weighted by atomic mass is 10.3. The van der Waals surface area contributed by atoms with Gasteiger partial charge in [-0.15, -0.1) is 0 Å². The Hall–Kier alpha value is -1.62. The third-order valence-electron chi connectivity index (χ3n) is 2.98. The van der Waals surface area contributed by atoms with Gasteiger partial charge in [-0.25, -0.2) is 4.98 Å². The zero-order chi connectivity index (χ0) is 14.3. The van der Waals surface area contributed by atoms with E-state index in [1.54, 1.807) is 6.07 Å². The lowest BCUT2D eigenvalue weighted by Gasteiger charge is -2.19. The number of hydrogen-bond donors (Lipinski definition) is 2. The summed E-state index contributed by atoms with van der Waals surface area (Å²) in [7, 11) is 3.98. The van der Waals surface area contributed by atoms with Gasteiger partial charge in [0, 0.05) is 19.1 Å². The van der Waals surface area contributed by atoms with E-state index in [9.17, 15) is 4.79 Å². The summed E-state index contributed by atoms with van der Waals surface area (Å²) in [5, 5.41) is 6.07. The topological polar surface area (TPSA) is 57.3 Å². The maximum atomic E-state index is 12.0. The number of amides is 1. The highest BCUT2D eigenvalue weighted by molar-refractivity contribution is 5.92. The van der Waals surface area contributed by atoms with E-state index >= 15 is 0 Å². The fourth-order valence-electron chi connectivity index (χ4n) is 1.43. The predicted octanol–water partition coefficient (Wildman–Crippen LogP) is 1.58. The van der Waals surface area contributed by atoms with Gasteiger partial charge in [-0.1, -0.05) is 13.0 Å². The Balaban J connectivity index is 2.56. The highest BCUT2D eigenvalue weighted by atomic mass is 16.1. The first-order valence-electron chi connectivity index (χ1n) is 6.70. The Bertz CT molecular complexity index is 406. The van der Waals surface area contributed by atoms with E-state index in [4.69, 9.17) is 0 Å². The minimum atomic E-state index is -0.131. The molecular weight excluding hydrogens is 240 g/mol. The number of aromatic nitrogens is 1. The molecule has 19 heavy (non-hydrogen) atoms. The van der Waals surface area contributed by atoms with E-state index in [1.807, 2.05) is 26.2 Å². The molecule has 0 aromatic carbocycles. The predicted molar refractivity (Wildman–Crippen MR) is 78.5 cm³/mol. The highest BCUT2D eigenvalue weighted by Gasteiger charge is 2.10. The second kappa shape index (κ2) is 7.74. The van der Waals surface area contributed by atoms with Gasteiger partial charge < -0.3 is 15.5 Å². The van der Waals surface area contributed by atoms with Crippen LogP contribution in [0.4, 0.5) is 5.82 Å². The summed E-state index contributed by atoms with van der Waals surface area (Å²) in [5.74, 6) is 0.615. The number of anilines is 1. The van der Waals surface area contributed by atoms with Gasteiger partial charge >= 0.3 is 0 Å². The number of carbonyl (C=O) groups is 1. The molecule has 1 aromatic rings. The summed E-state index contributed by atoms with van der Waals surface area (Å²) in [6.07, 6.45) is 1.03. The van der Waals surface area contributed by atoms with E-state index in [0.29, 0.717) is 18.3 Å². The number of nitrogens with zero attached hydrogens (tertiary/aromatic N) is 2. The van der Waals surface area contributed by atoms with Crippen molar-refractivity contribution in [1.29, 1.82) is 0 Å². The molecule has 1 rings (SSSR count). The summed E-state index contributed by atoms with van der Waals surface area (Å²) in [6, 6.07) is 5.74. The molecule has 0 saturated carbocycles. The van der Waals surface area contributed by atoms with Crippen LogP contribution in [0.25, 0.3) is 0 Å². The molecule has 1 aromatic heterocycles. The van der Waals surface area contributed by atoms with Gasteiger partial charge in [-0.3, -0.25) is 4.79 Å². The maximum absolute atomic E-state index is 12.0. The van der Waals surface area contributed by atoms with Crippen LogP contribution in [0, 0.1) is 0 Å². The molecule has 5 heteroatoms. The van der Waals surface area contributed by atoms with Gasteiger partial charge in [-0.05, 0) is 39.6 Å². The molecule has 0 spiro atoms. The minimum absolute atomic E-state index is 0.131. The quantitative estimate of drug-likeness (QED) is 0.785. The van der Waals surface area contributed by atoms with Gasteiger partial charge in [0.25, 0.3) is 5.91 Å². The third kappa shape index (κ3) is 5.26. The molecule has 0 bridgehead atoms. The monoisotopic (exact) mass is 264 g/mol. The first kappa shape index (κ1) is 15.4. The molecule has 0 aliphatic rings. The van der Waals surface area contributed by atoms with Crippen molar-refractivity contribution < 1.29 is 4.79 Å². The standard InChI is InChI=1S/C14H24N4O/c1-5-9-15-13-8-6-7-12(17-13)14(19)16-10-11(2)18(3)4/h6-8,11H,5,9-10H2,1-4H3,(H,15,17)(H,16,19). The van der Waals surface area contributed by atoms with Gasteiger partial charge in [-0.2, -0.15) is 0 Å². The first-order chi connectivity index (χ1) is 9.04. The van der Waals surface area contributed by atoms with Crippen molar-refractivity contribution >= 4 is 11.7 Å². The van der Waals surface area contributed by atoms with E-state index in [-0.39, 0.29) is 5.91 Å². The largest absolute Gasteiger partial charge is 0.370 e. The van der Waals surface area contributed by atoms with Crippen molar-refractivity contribution in [2.75, 3.05) is 32.5 Å². The van der Waals surface area contributed by atoms with Crippen molar-refractivity contribution in [2.24, 2.45) is 0 Å². The smallest absolute Gasteiger partial charge is 0.270 e. The average Bonchev–Trinajstić information content (AvgIpc) is 2.42. The molecule has 0 saturated heterocycles. The normalized spacial score (nSPS) is 12.3. The number of likely N-dealkylation sites (N-methyl/N-ethyl adjacent to an activating group) is 1. The second-order valence-electron chi connectivity index (χ2n) is 4.86. The van der Waals surface area contributed by atoms with Crippen LogP contribution in [0.1, 0.15) is 30.8 Å². The van der Waals surface area contributed by atoms with E-state index < -0.39 is 0 Å². The van der Waals surface area contributed by atoms with Crippen LogP contribution >= 0.6 is 0 Å². The molecular formula is C14H24N4O. The van der Waals surface area contributed by atoms with Crippen molar-refractivity contribution in [3.63, 3.8) is 0 Å². The number of nitrogens with one attached hydrogen (secondary N) is 2. The lowest BCUT2D eigenvalue weighted by molar-refractivity contribution is 0.0939. The molecule has 1 unspecified atom stereocenters. The lowest BCUT2D eigenvalue weighted by Crippen LogP contribution is -2.38. The maximum Gasteiger partial charge on any atom is 0.270 e. The van der Waals surface area contributed by atoms with Gasteiger partial charge in [0.05, 0.1) is 0 Å². The molecule has 0 radical (unpaired) electrons. The van der Waals surface area contributed by atoms with Gasteiger partial charge in [0.15, 0.2) is 0 Å². The first-order valence-corrected chi connectivity index (χ1v) is 6.70. The fourth-order valence-corrected chi connectivity index (χ4v) is 1.43. The second-order valence-corrected chi connectivity index (χ2v) is 4.86. The molecule has 2 N–H and O–H groups in total. The molecule has 1 amide bonds. The Morgan fingerprint density at radius 1 is 1.42 bits per heavy atom. The Kier molecular flexibility index (Phi) is 6.29. The van der Waals surface area contributed by atoms with Crippen LogP contribution in [0.15, 0.2) is 18.2 Å². The molecule has 0 aliphatic carbocycles. The van der Waals surface area contributed by atoms with Crippen LogP contribution in [0.5, 0.6) is 0 Å². The average molecular weight is 264 g/mol. The Morgan fingerprint density at radius 2 is 2.16 bits per heavy atom. The summed E-state index contributed by atoms with van der Waals surface area (Å²) in [4.78, 5) is 18.3. The van der Waals surface area contributed by atoms with Crippen molar-refractivity contribution in [3.8, 4) is 0 Å². The third-order valence-corrected chi connectivity index (χ3v) is 2.98. The van der Waals surface area contributed by atoms with Crippen LogP contribution in [-0.4, -0.2) is 49.0 Å². The molecule has 1 heterocycles. The fraction of sp³-hybridized carbons (Fsp3) is 0.571. The summed E-state index contributed by atoms with van der Waals surface area (Å²) >= 11 is 0. The number of pyridine rings is 1. The Morgan fingerprint density at radius 3 is 2.79 bits per heavy atom. The molecule has 0 fully saturated rings. The van der Waals surface area contributed by atoms with E-state index in [2.05, 4.69) is 34.4 Å². The Labute approximate surface area is 115 Å².